The molecule has 1 aromatic carbocycles. The van der Waals surface area contributed by atoms with Crippen molar-refractivity contribution in [3.8, 4) is 5.75 Å². The zero-order valence-electron chi connectivity index (χ0n) is 26.5. The van der Waals surface area contributed by atoms with Crippen LogP contribution in [0.2, 0.25) is 0 Å². The maximum absolute atomic E-state index is 14.2. The summed E-state index contributed by atoms with van der Waals surface area (Å²) in [6.45, 7) is 3.40. The van der Waals surface area contributed by atoms with Crippen LogP contribution >= 0.6 is 0 Å². The van der Waals surface area contributed by atoms with Crippen LogP contribution in [0.25, 0.3) is 11.2 Å². The average molecular weight is 664 g/mol. The van der Waals surface area contributed by atoms with Crippen LogP contribution in [0.3, 0.4) is 0 Å². The van der Waals surface area contributed by atoms with E-state index in [2.05, 4.69) is 25.3 Å². The first-order valence-corrected chi connectivity index (χ1v) is 15.4. The van der Waals surface area contributed by atoms with Gasteiger partial charge in [-0.25, -0.2) is 19.9 Å². The Labute approximate surface area is 272 Å². The lowest BCUT2D eigenvalue weighted by molar-refractivity contribution is -0.137. The Bertz CT molecular complexity index is 2070. The molecule has 1 saturated carbocycles. The number of pyridine rings is 1. The molecule has 0 spiro atoms. The molecule has 3 aliphatic rings. The summed E-state index contributed by atoms with van der Waals surface area (Å²) in [6.07, 6.45) is -0.695. The van der Waals surface area contributed by atoms with Crippen molar-refractivity contribution in [2.75, 3.05) is 42.3 Å². The molecule has 2 aliphatic heterocycles. The van der Waals surface area contributed by atoms with Gasteiger partial charge in [-0.05, 0) is 56.4 Å². The highest BCUT2D eigenvalue weighted by atomic mass is 19.4. The summed E-state index contributed by atoms with van der Waals surface area (Å²) < 4.78 is 41.3. The normalized spacial score (nSPS) is 19.8. The molecule has 2 fully saturated rings. The fourth-order valence-corrected chi connectivity index (χ4v) is 7.16. The van der Waals surface area contributed by atoms with Crippen LogP contribution in [0, 0.1) is 19.8 Å². The van der Waals surface area contributed by atoms with Gasteiger partial charge in [-0.2, -0.15) is 13.2 Å². The maximum Gasteiger partial charge on any atom is 0.416 e. The van der Waals surface area contributed by atoms with Crippen LogP contribution in [-0.4, -0.2) is 85.6 Å². The number of nitrogens with zero attached hydrogens (tertiary/aromatic N) is 8. The van der Waals surface area contributed by atoms with Gasteiger partial charge in [0.2, 0.25) is 11.3 Å². The second-order valence-electron chi connectivity index (χ2n) is 12.7. The topological polar surface area (TPSA) is 150 Å². The fourth-order valence-electron chi connectivity index (χ4n) is 7.16. The van der Waals surface area contributed by atoms with Crippen LogP contribution in [0.5, 0.6) is 5.75 Å². The Kier molecular flexibility index (Phi) is 7.29. The second kappa shape index (κ2) is 11.2. The molecule has 5 heterocycles. The maximum atomic E-state index is 14.2. The summed E-state index contributed by atoms with van der Waals surface area (Å²) in [5.41, 5.74) is 0.880. The van der Waals surface area contributed by atoms with Crippen molar-refractivity contribution in [2.45, 2.75) is 51.5 Å². The van der Waals surface area contributed by atoms with E-state index < -0.39 is 23.6 Å². The highest BCUT2D eigenvalue weighted by Gasteiger charge is 2.55. The molecule has 0 bridgehead atoms. The van der Waals surface area contributed by atoms with E-state index >= 15 is 0 Å². The predicted octanol–water partition coefficient (Wildman–Crippen LogP) is 2.90. The van der Waals surface area contributed by atoms with E-state index in [1.807, 2.05) is 4.90 Å². The molecule has 3 aromatic heterocycles. The minimum atomic E-state index is -4.51. The lowest BCUT2D eigenvalue weighted by Gasteiger charge is -2.61. The molecule has 13 nitrogen and oxygen atoms in total. The predicted molar refractivity (Wildman–Crippen MR) is 169 cm³/mol. The van der Waals surface area contributed by atoms with Gasteiger partial charge in [0.15, 0.2) is 22.6 Å². The first kappa shape index (κ1) is 31.3. The number of aromatic nitrogens is 5. The van der Waals surface area contributed by atoms with E-state index in [-0.39, 0.29) is 70.4 Å². The van der Waals surface area contributed by atoms with Crippen LogP contribution < -0.4 is 20.5 Å². The van der Waals surface area contributed by atoms with Crippen LogP contribution in [0.4, 0.5) is 30.4 Å². The van der Waals surface area contributed by atoms with E-state index in [0.717, 1.165) is 12.1 Å². The van der Waals surface area contributed by atoms with Gasteiger partial charge in [0.25, 0.3) is 5.91 Å². The molecule has 2 N–H and O–H groups in total. The number of aromatic hydroxyl groups is 1. The third-order valence-corrected chi connectivity index (χ3v) is 9.59. The number of aryl methyl sites for hydroxylation is 2. The molecular weight excluding hydrogens is 631 g/mol. The number of carbonyl (C=O) groups is 2. The molecule has 3 atom stereocenters. The third-order valence-electron chi connectivity index (χ3n) is 9.59. The zero-order chi connectivity index (χ0) is 34.2. The molecule has 1 saturated heterocycles. The number of carbonyl (C=O) groups excluding carboxylic acids is 2. The molecule has 1 aliphatic carbocycles. The number of piperazine rings is 1. The van der Waals surface area contributed by atoms with Gasteiger partial charge in [0, 0.05) is 38.6 Å². The molecule has 4 aromatic rings. The molecule has 0 radical (unpaired) electrons. The fraction of sp³-hybridized carbons (Fsp3) is 0.406. The number of fused-ring (bicyclic) bond motifs is 3. The Morgan fingerprint density at radius 3 is 2.60 bits per heavy atom. The first-order chi connectivity index (χ1) is 22.7. The van der Waals surface area contributed by atoms with E-state index in [1.54, 1.807) is 35.4 Å². The molecule has 7 rings (SSSR count). The van der Waals surface area contributed by atoms with E-state index in [1.165, 1.54) is 25.5 Å². The second-order valence-corrected chi connectivity index (χ2v) is 12.7. The van der Waals surface area contributed by atoms with Gasteiger partial charge in [-0.15, -0.1) is 0 Å². The molecular formula is C32H32F3N9O4. The van der Waals surface area contributed by atoms with Gasteiger partial charge in [0.05, 0.1) is 29.5 Å². The number of hydrogen-bond acceptors (Lipinski definition) is 10. The number of halogens is 3. The number of benzene rings is 1. The number of alkyl halides is 3. The van der Waals surface area contributed by atoms with Gasteiger partial charge in [-0.1, -0.05) is 0 Å². The Balaban J connectivity index is 1.25. The summed E-state index contributed by atoms with van der Waals surface area (Å²) in [4.78, 5) is 63.9. The first-order valence-electron chi connectivity index (χ1n) is 15.4. The number of hydrogen-bond donors (Lipinski definition) is 2. The van der Waals surface area contributed by atoms with Crippen LogP contribution in [0.1, 0.15) is 39.4 Å². The Morgan fingerprint density at radius 2 is 1.90 bits per heavy atom. The van der Waals surface area contributed by atoms with Crippen molar-refractivity contribution in [1.29, 1.82) is 0 Å². The Hall–Kier alpha value is -5.28. The average Bonchev–Trinajstić information content (AvgIpc) is 3.02. The number of anilines is 3. The van der Waals surface area contributed by atoms with Crippen molar-refractivity contribution in [1.82, 2.24) is 29.4 Å². The standard InChI is InChI=1S/C32H32F3N9O4/c1-15-9-18(32(33,34)35)5-6-19(15)39-23(45)13-44-21-11-17-10-20-26(17)43(8-7-42(20)31(48)25-28(46)16(2)37-14-38-25)27(21)29(47)24-30(44)36-12-22(40-24)41(3)4/h5-6,9,12,14,17,20,26,46H,7-8,10-11,13H2,1-4H3,(H,39,45)/t17?,20-,26-/m0/s1. The quantitative estimate of drug-likeness (QED) is 0.327. The highest BCUT2D eigenvalue weighted by molar-refractivity contribution is 5.96. The number of nitrogens with one attached hydrogen (secondary N) is 1. The number of rotatable bonds is 5. The molecule has 16 heteroatoms. The summed E-state index contributed by atoms with van der Waals surface area (Å²) in [7, 11) is 3.53. The SMILES string of the molecule is Cc1cc(C(F)(F)F)ccc1NC(=O)Cn1c2c(c(=O)c3nc(N(C)C)cnc31)N1CCN(C(=O)c3ncnc(C)c3O)[C@H]3CC(C2)[C@@H]31. The smallest absolute Gasteiger partial charge is 0.416 e. The minimum absolute atomic E-state index is 0.0520. The molecule has 250 valence electrons. The van der Waals surface area contributed by atoms with E-state index in [9.17, 15) is 32.7 Å². The van der Waals surface area contributed by atoms with Crippen molar-refractivity contribution in [3.63, 3.8) is 0 Å². The molecule has 1 unspecified atom stereocenters. The lowest BCUT2D eigenvalue weighted by Crippen LogP contribution is -2.72. The summed E-state index contributed by atoms with van der Waals surface area (Å²) in [5.74, 6) is -0.672. The van der Waals surface area contributed by atoms with Crippen molar-refractivity contribution in [3.05, 3.63) is 69.2 Å². The van der Waals surface area contributed by atoms with Crippen molar-refractivity contribution in [2.24, 2.45) is 5.92 Å². The van der Waals surface area contributed by atoms with Gasteiger partial charge in [0.1, 0.15) is 24.4 Å². The Morgan fingerprint density at radius 1 is 1.12 bits per heavy atom. The molecule has 2 amide bonds. The minimum Gasteiger partial charge on any atom is -0.504 e. The van der Waals surface area contributed by atoms with Gasteiger partial charge in [-0.3, -0.25) is 14.4 Å². The summed E-state index contributed by atoms with van der Waals surface area (Å²) in [6, 6.07) is 2.71. The van der Waals surface area contributed by atoms with Crippen LogP contribution in [-0.2, 0) is 23.9 Å². The summed E-state index contributed by atoms with van der Waals surface area (Å²) in [5, 5.41) is 13.2. The largest absolute Gasteiger partial charge is 0.504 e. The summed E-state index contributed by atoms with van der Waals surface area (Å²) >= 11 is 0. The molecule has 48 heavy (non-hydrogen) atoms. The van der Waals surface area contributed by atoms with Crippen molar-refractivity contribution < 1.29 is 27.9 Å². The van der Waals surface area contributed by atoms with Crippen LogP contribution in [0.15, 0.2) is 35.5 Å². The number of amides is 2. The van der Waals surface area contributed by atoms with Gasteiger partial charge < -0.3 is 29.7 Å². The van der Waals surface area contributed by atoms with Gasteiger partial charge >= 0.3 is 6.18 Å². The van der Waals surface area contributed by atoms with Crippen molar-refractivity contribution >= 4 is 40.2 Å². The zero-order valence-corrected chi connectivity index (χ0v) is 26.5. The highest BCUT2D eigenvalue weighted by Crippen LogP contribution is 2.48. The lowest BCUT2D eigenvalue weighted by atomic mass is 9.67. The van der Waals surface area contributed by atoms with E-state index in [4.69, 9.17) is 0 Å². The van der Waals surface area contributed by atoms with E-state index in [0.29, 0.717) is 42.3 Å². The monoisotopic (exact) mass is 663 g/mol. The third kappa shape index (κ3) is 4.97.